The van der Waals surface area contributed by atoms with Crippen LogP contribution in [-0.2, 0) is 13.5 Å². The molecule has 33 heavy (non-hydrogen) atoms. The highest BCUT2D eigenvalue weighted by Gasteiger charge is 2.33. The lowest BCUT2D eigenvalue weighted by atomic mass is 10.0. The molecule has 0 radical (unpaired) electrons. The molecule has 4 heterocycles. The van der Waals surface area contributed by atoms with E-state index in [1.807, 2.05) is 13.0 Å². The zero-order valence-electron chi connectivity index (χ0n) is 19.6. The minimum absolute atomic E-state index is 0.0404. The summed E-state index contributed by atoms with van der Waals surface area (Å²) in [4.78, 5) is 23.5. The molecule has 5 rings (SSSR count). The number of urea groups is 1. The average Bonchev–Trinajstić information content (AvgIpc) is 3.35. The van der Waals surface area contributed by atoms with Crippen LogP contribution in [0.4, 0.5) is 22.0 Å². The molecule has 2 aliphatic rings. The van der Waals surface area contributed by atoms with Crippen LogP contribution in [0, 0.1) is 0 Å². The zero-order chi connectivity index (χ0) is 23.2. The van der Waals surface area contributed by atoms with Gasteiger partial charge in [-0.1, -0.05) is 0 Å². The summed E-state index contributed by atoms with van der Waals surface area (Å²) in [6.45, 7) is 10.2. The van der Waals surface area contributed by atoms with E-state index in [0.717, 1.165) is 43.0 Å². The van der Waals surface area contributed by atoms with Gasteiger partial charge in [0.2, 0.25) is 0 Å². The fourth-order valence-corrected chi connectivity index (χ4v) is 4.72. The Morgan fingerprint density at radius 1 is 1.24 bits per heavy atom. The number of carbonyl (C=O) groups is 1. The molecule has 10 nitrogen and oxygen atoms in total. The molecule has 1 aromatic carbocycles. The number of aromatic nitrogens is 4. The van der Waals surface area contributed by atoms with E-state index in [1.165, 1.54) is 10.5 Å². The number of hydrogen-bond donors (Lipinski definition) is 2. The monoisotopic (exact) mass is 450 g/mol. The van der Waals surface area contributed by atoms with Gasteiger partial charge < -0.3 is 20.3 Å². The molecule has 2 amide bonds. The Kier molecular flexibility index (Phi) is 5.32. The van der Waals surface area contributed by atoms with Crippen LogP contribution in [0.1, 0.15) is 26.3 Å². The number of nitrogens with zero attached hydrogens (tertiary/aromatic N) is 6. The van der Waals surface area contributed by atoms with Crippen molar-refractivity contribution in [2.45, 2.75) is 32.7 Å². The lowest BCUT2D eigenvalue weighted by Crippen LogP contribution is -2.57. The molecule has 0 unspecified atom stereocenters. The largest absolute Gasteiger partial charge is 0.492 e. The quantitative estimate of drug-likeness (QED) is 0.630. The standard InChI is InChI=1S/C23H30N8O2/c1-5-33-20-13-17-16(27-29(4)28-17)12-18(20)26-22(32)31-10-7-15-19(6-8-24-21(15)31)30-11-9-25-23(2,3)14-30/h6,8,12-13,25H,5,7,9-11,14H2,1-4H3,(H,26,32). The summed E-state index contributed by atoms with van der Waals surface area (Å²) in [6.07, 6.45) is 2.57. The number of aryl methyl sites for hydroxylation is 1. The zero-order valence-corrected chi connectivity index (χ0v) is 19.6. The van der Waals surface area contributed by atoms with E-state index in [0.29, 0.717) is 30.1 Å². The molecule has 174 valence electrons. The van der Waals surface area contributed by atoms with Crippen molar-refractivity contribution in [3.05, 3.63) is 30.0 Å². The molecule has 10 heteroatoms. The van der Waals surface area contributed by atoms with Crippen molar-refractivity contribution in [1.29, 1.82) is 0 Å². The van der Waals surface area contributed by atoms with Gasteiger partial charge in [0.25, 0.3) is 0 Å². The summed E-state index contributed by atoms with van der Waals surface area (Å²) in [5.41, 5.74) is 4.32. The molecule has 0 bridgehead atoms. The van der Waals surface area contributed by atoms with Crippen molar-refractivity contribution >= 4 is 34.3 Å². The molecule has 2 aliphatic heterocycles. The number of rotatable bonds is 4. The number of benzene rings is 1. The smallest absolute Gasteiger partial charge is 0.327 e. The van der Waals surface area contributed by atoms with Gasteiger partial charge in [0, 0.05) is 62.3 Å². The second-order valence-electron chi connectivity index (χ2n) is 9.16. The molecule has 2 N–H and O–H groups in total. The Morgan fingerprint density at radius 3 is 2.79 bits per heavy atom. The number of piperazine rings is 1. The van der Waals surface area contributed by atoms with Crippen LogP contribution in [0.2, 0.25) is 0 Å². The lowest BCUT2D eigenvalue weighted by molar-refractivity contribution is 0.257. The normalized spacial score (nSPS) is 17.3. The first kappa shape index (κ1) is 21.4. The van der Waals surface area contributed by atoms with E-state index < -0.39 is 0 Å². The van der Waals surface area contributed by atoms with Gasteiger partial charge in [0.15, 0.2) is 0 Å². The number of pyridine rings is 1. The van der Waals surface area contributed by atoms with Crippen LogP contribution >= 0.6 is 0 Å². The van der Waals surface area contributed by atoms with Crippen LogP contribution in [0.25, 0.3) is 11.0 Å². The minimum Gasteiger partial charge on any atom is -0.492 e. The van der Waals surface area contributed by atoms with Crippen LogP contribution in [0.5, 0.6) is 5.75 Å². The number of amides is 2. The van der Waals surface area contributed by atoms with Gasteiger partial charge in [-0.15, -0.1) is 0 Å². The third-order valence-corrected chi connectivity index (χ3v) is 6.13. The summed E-state index contributed by atoms with van der Waals surface area (Å²) < 4.78 is 5.77. The Labute approximate surface area is 192 Å². The van der Waals surface area contributed by atoms with Crippen LogP contribution in [0.15, 0.2) is 24.4 Å². The van der Waals surface area contributed by atoms with Gasteiger partial charge in [-0.05, 0) is 39.3 Å². The van der Waals surface area contributed by atoms with Crippen molar-refractivity contribution < 1.29 is 9.53 Å². The van der Waals surface area contributed by atoms with E-state index in [-0.39, 0.29) is 11.6 Å². The van der Waals surface area contributed by atoms with Gasteiger partial charge >= 0.3 is 6.03 Å². The maximum absolute atomic E-state index is 13.3. The SMILES string of the molecule is CCOc1cc2nn(C)nc2cc1NC(=O)N1CCc2c(N3CCNC(C)(C)C3)ccnc21. The number of anilines is 3. The molecule has 0 aliphatic carbocycles. The molecular formula is C23H30N8O2. The summed E-state index contributed by atoms with van der Waals surface area (Å²) in [5.74, 6) is 1.29. The first-order valence-corrected chi connectivity index (χ1v) is 11.4. The molecule has 0 saturated carbocycles. The van der Waals surface area contributed by atoms with E-state index in [4.69, 9.17) is 4.74 Å². The predicted octanol–water partition coefficient (Wildman–Crippen LogP) is 2.54. The van der Waals surface area contributed by atoms with E-state index >= 15 is 0 Å². The van der Waals surface area contributed by atoms with Crippen LogP contribution < -0.4 is 25.2 Å². The maximum Gasteiger partial charge on any atom is 0.327 e. The fourth-order valence-electron chi connectivity index (χ4n) is 4.72. The van der Waals surface area contributed by atoms with E-state index in [2.05, 4.69) is 50.6 Å². The number of hydrogen-bond acceptors (Lipinski definition) is 7. The highest BCUT2D eigenvalue weighted by atomic mass is 16.5. The van der Waals surface area contributed by atoms with Gasteiger partial charge in [0.05, 0.1) is 12.3 Å². The maximum atomic E-state index is 13.3. The Bertz CT molecular complexity index is 1200. The van der Waals surface area contributed by atoms with Crippen LogP contribution in [-0.4, -0.2) is 64.3 Å². The molecule has 0 atom stereocenters. The van der Waals surface area contributed by atoms with Gasteiger partial charge in [-0.3, -0.25) is 4.90 Å². The highest BCUT2D eigenvalue weighted by Crippen LogP contribution is 2.36. The van der Waals surface area contributed by atoms with E-state index in [9.17, 15) is 4.79 Å². The lowest BCUT2D eigenvalue weighted by Gasteiger charge is -2.41. The number of nitrogens with one attached hydrogen (secondary N) is 2. The minimum atomic E-state index is -0.233. The molecule has 0 spiro atoms. The van der Waals surface area contributed by atoms with Crippen molar-refractivity contribution in [1.82, 2.24) is 25.3 Å². The number of ether oxygens (including phenoxy) is 1. The molecule has 2 aromatic heterocycles. The Hall–Kier alpha value is -3.40. The third-order valence-electron chi connectivity index (χ3n) is 6.13. The topological polar surface area (TPSA) is 100 Å². The summed E-state index contributed by atoms with van der Waals surface area (Å²) >= 11 is 0. The van der Waals surface area contributed by atoms with Crippen molar-refractivity contribution in [3.8, 4) is 5.75 Å². The molecule has 1 saturated heterocycles. The van der Waals surface area contributed by atoms with Gasteiger partial charge in [-0.2, -0.15) is 15.0 Å². The first-order chi connectivity index (χ1) is 15.8. The molecule has 1 fully saturated rings. The van der Waals surface area contributed by atoms with Gasteiger partial charge in [0.1, 0.15) is 22.6 Å². The average molecular weight is 451 g/mol. The summed E-state index contributed by atoms with van der Waals surface area (Å²) in [5, 5.41) is 15.3. The second-order valence-corrected chi connectivity index (χ2v) is 9.16. The number of carbonyl (C=O) groups excluding carboxylic acids is 1. The molecule has 3 aromatic rings. The predicted molar refractivity (Wildman–Crippen MR) is 128 cm³/mol. The highest BCUT2D eigenvalue weighted by molar-refractivity contribution is 6.04. The van der Waals surface area contributed by atoms with Crippen molar-refractivity contribution in [2.75, 3.05) is 47.9 Å². The third kappa shape index (κ3) is 4.06. The Balaban J connectivity index is 1.41. The van der Waals surface area contributed by atoms with Crippen LogP contribution in [0.3, 0.4) is 0 Å². The van der Waals surface area contributed by atoms with Crippen molar-refractivity contribution in [3.63, 3.8) is 0 Å². The Morgan fingerprint density at radius 2 is 2.03 bits per heavy atom. The first-order valence-electron chi connectivity index (χ1n) is 11.4. The van der Waals surface area contributed by atoms with Crippen molar-refractivity contribution in [2.24, 2.45) is 7.05 Å². The van der Waals surface area contributed by atoms with Gasteiger partial charge in [-0.25, -0.2) is 9.78 Å². The fraction of sp³-hybridized carbons (Fsp3) is 0.478. The summed E-state index contributed by atoms with van der Waals surface area (Å²) in [6, 6.07) is 5.44. The van der Waals surface area contributed by atoms with E-state index in [1.54, 1.807) is 24.2 Å². The molecular weight excluding hydrogens is 420 g/mol. The summed E-state index contributed by atoms with van der Waals surface area (Å²) in [7, 11) is 1.77. The second kappa shape index (κ2) is 8.18. The number of fused-ring (bicyclic) bond motifs is 2.